The van der Waals surface area contributed by atoms with Crippen molar-refractivity contribution in [3.05, 3.63) is 0 Å². The van der Waals surface area contributed by atoms with Crippen LogP contribution in [0, 0.1) is 0 Å². The van der Waals surface area contributed by atoms with E-state index in [9.17, 15) is 0 Å². The third-order valence-corrected chi connectivity index (χ3v) is 2.75. The molecule has 0 radical (unpaired) electrons. The van der Waals surface area contributed by atoms with Crippen LogP contribution >= 0.6 is 0 Å². The maximum Gasteiger partial charge on any atom is 0.0826 e. The number of morpholine rings is 1. The van der Waals surface area contributed by atoms with Crippen LogP contribution in [0.25, 0.3) is 0 Å². The van der Waals surface area contributed by atoms with Gasteiger partial charge in [-0.2, -0.15) is 0 Å². The lowest BCUT2D eigenvalue weighted by molar-refractivity contribution is -0.0346. The molecular weight excluding hydrogens is 204 g/mol. The van der Waals surface area contributed by atoms with Crippen LogP contribution in [0.15, 0.2) is 0 Å². The molecule has 0 spiro atoms. The maximum atomic E-state index is 5.69. The van der Waals surface area contributed by atoms with Crippen molar-refractivity contribution in [1.82, 2.24) is 10.2 Å². The molecule has 16 heavy (non-hydrogen) atoms. The smallest absolute Gasteiger partial charge is 0.0826 e. The van der Waals surface area contributed by atoms with Crippen LogP contribution in [0.4, 0.5) is 0 Å². The minimum atomic E-state index is 0.347. The van der Waals surface area contributed by atoms with Gasteiger partial charge in [-0.15, -0.1) is 0 Å². The Bertz CT molecular complexity index is 167. The molecule has 0 bridgehead atoms. The molecule has 0 aromatic carbocycles. The molecular formula is C12H26N2O2. The Morgan fingerprint density at radius 3 is 3.00 bits per heavy atom. The predicted octanol–water partition coefficient (Wildman–Crippen LogP) is 0.723. The largest absolute Gasteiger partial charge is 0.380 e. The third-order valence-electron chi connectivity index (χ3n) is 2.75. The molecule has 0 aliphatic carbocycles. The van der Waals surface area contributed by atoms with Crippen molar-refractivity contribution < 1.29 is 9.47 Å². The molecule has 1 N–H and O–H groups in total. The fourth-order valence-electron chi connectivity index (χ4n) is 1.85. The lowest BCUT2D eigenvalue weighted by Gasteiger charge is -2.32. The van der Waals surface area contributed by atoms with Crippen LogP contribution in [0.2, 0.25) is 0 Å². The summed E-state index contributed by atoms with van der Waals surface area (Å²) >= 11 is 0. The van der Waals surface area contributed by atoms with Gasteiger partial charge in [-0.3, -0.25) is 4.90 Å². The van der Waals surface area contributed by atoms with Gasteiger partial charge in [0, 0.05) is 32.8 Å². The van der Waals surface area contributed by atoms with Crippen molar-refractivity contribution in [2.75, 3.05) is 52.5 Å². The highest BCUT2D eigenvalue weighted by molar-refractivity contribution is 4.72. The van der Waals surface area contributed by atoms with E-state index in [1.54, 1.807) is 0 Å². The molecule has 1 aliphatic rings. The van der Waals surface area contributed by atoms with Crippen LogP contribution in [0.3, 0.4) is 0 Å². The van der Waals surface area contributed by atoms with E-state index in [1.807, 2.05) is 0 Å². The SMILES string of the molecule is CCCOCCN1CCO[C@H](CNCC)C1. The monoisotopic (exact) mass is 230 g/mol. The predicted molar refractivity (Wildman–Crippen MR) is 65.8 cm³/mol. The van der Waals surface area contributed by atoms with Crippen molar-refractivity contribution in [2.45, 2.75) is 26.4 Å². The molecule has 1 fully saturated rings. The molecule has 1 atom stereocenters. The number of nitrogens with one attached hydrogen (secondary N) is 1. The van der Waals surface area contributed by atoms with E-state index < -0.39 is 0 Å². The highest BCUT2D eigenvalue weighted by Gasteiger charge is 2.19. The average molecular weight is 230 g/mol. The molecule has 0 saturated carbocycles. The van der Waals surface area contributed by atoms with Crippen molar-refractivity contribution in [1.29, 1.82) is 0 Å². The van der Waals surface area contributed by atoms with E-state index >= 15 is 0 Å². The van der Waals surface area contributed by atoms with Gasteiger partial charge in [0.15, 0.2) is 0 Å². The van der Waals surface area contributed by atoms with Gasteiger partial charge in [0.1, 0.15) is 0 Å². The number of rotatable bonds is 8. The number of hydrogen-bond acceptors (Lipinski definition) is 4. The second-order valence-corrected chi connectivity index (χ2v) is 4.21. The quantitative estimate of drug-likeness (QED) is 0.623. The van der Waals surface area contributed by atoms with Gasteiger partial charge < -0.3 is 14.8 Å². The Labute approximate surface area is 99.3 Å². The van der Waals surface area contributed by atoms with E-state index in [0.717, 1.165) is 59.0 Å². The Balaban J connectivity index is 2.07. The van der Waals surface area contributed by atoms with Crippen LogP contribution in [0.1, 0.15) is 20.3 Å². The van der Waals surface area contributed by atoms with E-state index in [4.69, 9.17) is 9.47 Å². The minimum Gasteiger partial charge on any atom is -0.380 e. The zero-order valence-corrected chi connectivity index (χ0v) is 10.7. The zero-order valence-electron chi connectivity index (χ0n) is 10.7. The van der Waals surface area contributed by atoms with E-state index in [1.165, 1.54) is 0 Å². The summed E-state index contributed by atoms with van der Waals surface area (Å²) < 4.78 is 11.2. The standard InChI is InChI=1S/C12H26N2O2/c1-3-7-15-8-5-14-6-9-16-12(11-14)10-13-4-2/h12-13H,3-11H2,1-2H3/t12-/m1/s1. The summed E-state index contributed by atoms with van der Waals surface area (Å²) in [6, 6.07) is 0. The topological polar surface area (TPSA) is 33.7 Å². The minimum absolute atomic E-state index is 0.347. The first kappa shape index (κ1) is 13.9. The van der Waals surface area contributed by atoms with E-state index in [0.29, 0.717) is 6.10 Å². The van der Waals surface area contributed by atoms with Crippen molar-refractivity contribution in [3.63, 3.8) is 0 Å². The van der Waals surface area contributed by atoms with Crippen molar-refractivity contribution in [2.24, 2.45) is 0 Å². The molecule has 4 nitrogen and oxygen atoms in total. The fourth-order valence-corrected chi connectivity index (χ4v) is 1.85. The second kappa shape index (κ2) is 8.93. The first-order valence-electron chi connectivity index (χ1n) is 6.49. The van der Waals surface area contributed by atoms with Crippen LogP contribution in [-0.4, -0.2) is 63.5 Å². The van der Waals surface area contributed by atoms with Gasteiger partial charge >= 0.3 is 0 Å². The van der Waals surface area contributed by atoms with Crippen LogP contribution < -0.4 is 5.32 Å². The highest BCUT2D eigenvalue weighted by atomic mass is 16.5. The summed E-state index contributed by atoms with van der Waals surface area (Å²) in [5.41, 5.74) is 0. The third kappa shape index (κ3) is 5.80. The van der Waals surface area contributed by atoms with Gasteiger partial charge in [0.2, 0.25) is 0 Å². The second-order valence-electron chi connectivity index (χ2n) is 4.21. The summed E-state index contributed by atoms with van der Waals surface area (Å²) in [7, 11) is 0. The summed E-state index contributed by atoms with van der Waals surface area (Å²) in [4.78, 5) is 2.43. The molecule has 1 aliphatic heterocycles. The highest BCUT2D eigenvalue weighted by Crippen LogP contribution is 2.04. The normalized spacial score (nSPS) is 22.5. The van der Waals surface area contributed by atoms with Crippen molar-refractivity contribution in [3.8, 4) is 0 Å². The number of ether oxygens (including phenoxy) is 2. The summed E-state index contributed by atoms with van der Waals surface area (Å²) in [5.74, 6) is 0. The molecule has 0 aromatic heterocycles. The Kier molecular flexibility index (Phi) is 7.76. The Morgan fingerprint density at radius 2 is 2.25 bits per heavy atom. The fraction of sp³-hybridized carbons (Fsp3) is 1.00. The summed E-state index contributed by atoms with van der Waals surface area (Å²) in [6.45, 7) is 11.9. The van der Waals surface area contributed by atoms with Gasteiger partial charge in [-0.25, -0.2) is 0 Å². The maximum absolute atomic E-state index is 5.69. The summed E-state index contributed by atoms with van der Waals surface area (Å²) in [6.07, 6.45) is 1.45. The number of likely N-dealkylation sites (N-methyl/N-ethyl adjacent to an activating group) is 1. The molecule has 96 valence electrons. The van der Waals surface area contributed by atoms with Gasteiger partial charge in [0.05, 0.1) is 19.3 Å². The molecule has 0 amide bonds. The van der Waals surface area contributed by atoms with Gasteiger partial charge in [0.25, 0.3) is 0 Å². The number of hydrogen-bond donors (Lipinski definition) is 1. The average Bonchev–Trinajstić information content (AvgIpc) is 2.33. The van der Waals surface area contributed by atoms with E-state index in [2.05, 4.69) is 24.1 Å². The molecule has 0 unspecified atom stereocenters. The Hall–Kier alpha value is -0.160. The first-order chi connectivity index (χ1) is 7.86. The molecule has 1 rings (SSSR count). The molecule has 1 heterocycles. The molecule has 4 heteroatoms. The lowest BCUT2D eigenvalue weighted by Crippen LogP contribution is -2.47. The Morgan fingerprint density at radius 1 is 1.38 bits per heavy atom. The molecule has 0 aromatic rings. The lowest BCUT2D eigenvalue weighted by atomic mass is 10.2. The van der Waals surface area contributed by atoms with Crippen LogP contribution in [-0.2, 0) is 9.47 Å². The van der Waals surface area contributed by atoms with Crippen LogP contribution in [0.5, 0.6) is 0 Å². The zero-order chi connectivity index (χ0) is 11.6. The first-order valence-corrected chi connectivity index (χ1v) is 6.49. The van der Waals surface area contributed by atoms with Crippen molar-refractivity contribution >= 4 is 0 Å². The van der Waals surface area contributed by atoms with Gasteiger partial charge in [-0.1, -0.05) is 13.8 Å². The van der Waals surface area contributed by atoms with E-state index in [-0.39, 0.29) is 0 Å². The number of nitrogens with zero attached hydrogens (tertiary/aromatic N) is 1. The summed E-state index contributed by atoms with van der Waals surface area (Å²) in [5, 5.41) is 3.33. The van der Waals surface area contributed by atoms with Gasteiger partial charge in [-0.05, 0) is 13.0 Å². The molecule has 1 saturated heterocycles.